The quantitative estimate of drug-likeness (QED) is 0.565. The predicted octanol–water partition coefficient (Wildman–Crippen LogP) is 1.53. The van der Waals surface area contributed by atoms with Crippen molar-refractivity contribution in [1.29, 1.82) is 0 Å². The number of hydrogen-bond acceptors (Lipinski definition) is 2. The smallest absolute Gasteiger partial charge is 0.165 e. The summed E-state index contributed by atoms with van der Waals surface area (Å²) in [4.78, 5) is 0. The average Bonchev–Trinajstić information content (AvgIpc) is 1.96. The van der Waals surface area contributed by atoms with Crippen molar-refractivity contribution in [2.24, 2.45) is 5.92 Å². The lowest BCUT2D eigenvalue weighted by molar-refractivity contribution is -0.207. The molecule has 0 aromatic rings. The Balaban J connectivity index is 2.38. The maximum Gasteiger partial charge on any atom is 0.165 e. The third-order valence-electron chi connectivity index (χ3n) is 2.44. The molecular formula is C8H16O2. The average molecular weight is 144 g/mol. The van der Waals surface area contributed by atoms with E-state index in [4.69, 9.17) is 4.74 Å². The molecule has 0 radical (unpaired) electrons. The van der Waals surface area contributed by atoms with Crippen LogP contribution in [0.3, 0.4) is 0 Å². The Kier molecular flexibility index (Phi) is 2.32. The summed E-state index contributed by atoms with van der Waals surface area (Å²) < 4.78 is 4.98. The summed E-state index contributed by atoms with van der Waals surface area (Å²) in [5.74, 6) is -0.0394. The molecule has 1 N–H and O–H groups in total. The molecule has 0 saturated heterocycles. The van der Waals surface area contributed by atoms with E-state index < -0.39 is 5.79 Å². The first kappa shape index (κ1) is 8.02. The van der Waals surface area contributed by atoms with Gasteiger partial charge in [-0.25, -0.2) is 0 Å². The van der Waals surface area contributed by atoms with Crippen LogP contribution in [0.2, 0.25) is 0 Å². The minimum absolute atomic E-state index is 0.760. The first-order valence-corrected chi connectivity index (χ1v) is 3.94. The van der Waals surface area contributed by atoms with Gasteiger partial charge in [0.15, 0.2) is 5.79 Å². The van der Waals surface area contributed by atoms with E-state index in [-0.39, 0.29) is 0 Å². The molecule has 10 heavy (non-hydrogen) atoms. The van der Waals surface area contributed by atoms with Crippen LogP contribution in [-0.2, 0) is 4.74 Å². The van der Waals surface area contributed by atoms with Crippen LogP contribution in [0.1, 0.15) is 32.6 Å². The summed E-state index contributed by atoms with van der Waals surface area (Å²) in [6, 6.07) is 0. The van der Waals surface area contributed by atoms with Crippen LogP contribution < -0.4 is 0 Å². The van der Waals surface area contributed by atoms with E-state index in [9.17, 15) is 5.11 Å². The number of ether oxygens (including phenoxy) is 1. The zero-order valence-corrected chi connectivity index (χ0v) is 6.76. The van der Waals surface area contributed by atoms with Gasteiger partial charge in [0.1, 0.15) is 0 Å². The van der Waals surface area contributed by atoms with Gasteiger partial charge in [-0.2, -0.15) is 0 Å². The largest absolute Gasteiger partial charge is 0.365 e. The van der Waals surface area contributed by atoms with Gasteiger partial charge < -0.3 is 9.84 Å². The molecular weight excluding hydrogens is 128 g/mol. The molecule has 1 fully saturated rings. The van der Waals surface area contributed by atoms with Crippen molar-refractivity contribution in [3.05, 3.63) is 0 Å². The summed E-state index contributed by atoms with van der Waals surface area (Å²) in [7, 11) is 1.58. The summed E-state index contributed by atoms with van der Waals surface area (Å²) in [6.45, 7) is 2.22. The van der Waals surface area contributed by atoms with Crippen LogP contribution in [0.25, 0.3) is 0 Å². The van der Waals surface area contributed by atoms with Crippen LogP contribution in [0.15, 0.2) is 0 Å². The van der Waals surface area contributed by atoms with Crippen molar-refractivity contribution in [2.45, 2.75) is 38.4 Å². The topological polar surface area (TPSA) is 29.5 Å². The number of hydrogen-bond donors (Lipinski definition) is 1. The highest BCUT2D eigenvalue weighted by Gasteiger charge is 2.30. The second-order valence-electron chi connectivity index (χ2n) is 3.33. The van der Waals surface area contributed by atoms with Gasteiger partial charge in [-0.1, -0.05) is 6.92 Å². The zero-order chi connectivity index (χ0) is 7.61. The van der Waals surface area contributed by atoms with E-state index in [0.29, 0.717) is 0 Å². The van der Waals surface area contributed by atoms with Crippen molar-refractivity contribution in [2.75, 3.05) is 7.11 Å². The molecule has 2 heteroatoms. The fraction of sp³-hybridized carbons (Fsp3) is 1.00. The lowest BCUT2D eigenvalue weighted by Gasteiger charge is -2.33. The fourth-order valence-electron chi connectivity index (χ4n) is 1.42. The summed E-state index contributed by atoms with van der Waals surface area (Å²) in [6.07, 6.45) is 3.77. The fourth-order valence-corrected chi connectivity index (χ4v) is 1.42. The normalized spacial score (nSPS) is 41.7. The predicted molar refractivity (Wildman–Crippen MR) is 39.6 cm³/mol. The minimum atomic E-state index is -0.799. The minimum Gasteiger partial charge on any atom is -0.365 e. The Morgan fingerprint density at radius 1 is 1.40 bits per heavy atom. The Morgan fingerprint density at radius 3 is 2.30 bits per heavy atom. The van der Waals surface area contributed by atoms with Gasteiger partial charge in [-0.15, -0.1) is 0 Å². The number of methoxy groups -OCH3 is 1. The Bertz CT molecular complexity index is 104. The molecule has 0 amide bonds. The lowest BCUT2D eigenvalue weighted by Crippen LogP contribution is -2.35. The highest BCUT2D eigenvalue weighted by molar-refractivity contribution is 4.75. The maximum absolute atomic E-state index is 9.58. The lowest BCUT2D eigenvalue weighted by atomic mass is 9.86. The van der Waals surface area contributed by atoms with Crippen molar-refractivity contribution in [3.8, 4) is 0 Å². The second-order valence-corrected chi connectivity index (χ2v) is 3.33. The third-order valence-corrected chi connectivity index (χ3v) is 2.44. The molecule has 0 bridgehead atoms. The van der Waals surface area contributed by atoms with Gasteiger partial charge in [-0.05, 0) is 18.8 Å². The molecule has 0 unspecified atom stereocenters. The molecule has 1 aliphatic carbocycles. The molecule has 0 spiro atoms. The van der Waals surface area contributed by atoms with Crippen molar-refractivity contribution in [3.63, 3.8) is 0 Å². The Labute approximate surface area is 62.2 Å². The highest BCUT2D eigenvalue weighted by Crippen LogP contribution is 2.31. The maximum atomic E-state index is 9.58. The van der Waals surface area contributed by atoms with Crippen molar-refractivity contribution >= 4 is 0 Å². The molecule has 1 rings (SSSR count). The van der Waals surface area contributed by atoms with E-state index in [1.165, 1.54) is 0 Å². The van der Waals surface area contributed by atoms with Crippen molar-refractivity contribution in [1.82, 2.24) is 0 Å². The van der Waals surface area contributed by atoms with Gasteiger partial charge in [0, 0.05) is 20.0 Å². The van der Waals surface area contributed by atoms with Crippen LogP contribution in [0.4, 0.5) is 0 Å². The van der Waals surface area contributed by atoms with E-state index in [0.717, 1.165) is 31.6 Å². The van der Waals surface area contributed by atoms with Crippen LogP contribution in [0.5, 0.6) is 0 Å². The molecule has 0 atom stereocenters. The van der Waals surface area contributed by atoms with E-state index in [1.54, 1.807) is 7.11 Å². The molecule has 60 valence electrons. The van der Waals surface area contributed by atoms with Crippen molar-refractivity contribution < 1.29 is 9.84 Å². The van der Waals surface area contributed by atoms with E-state index in [1.807, 2.05) is 0 Å². The third kappa shape index (κ3) is 1.70. The molecule has 0 aromatic heterocycles. The molecule has 0 aromatic carbocycles. The SMILES string of the molecule is COC1(O)CCC(C)CC1. The first-order valence-electron chi connectivity index (χ1n) is 3.94. The van der Waals surface area contributed by atoms with E-state index >= 15 is 0 Å². The van der Waals surface area contributed by atoms with Gasteiger partial charge in [0.05, 0.1) is 0 Å². The number of rotatable bonds is 1. The van der Waals surface area contributed by atoms with Gasteiger partial charge >= 0.3 is 0 Å². The van der Waals surface area contributed by atoms with Gasteiger partial charge in [-0.3, -0.25) is 0 Å². The monoisotopic (exact) mass is 144 g/mol. The highest BCUT2D eigenvalue weighted by atomic mass is 16.6. The molecule has 1 aliphatic rings. The first-order chi connectivity index (χ1) is 4.66. The summed E-state index contributed by atoms with van der Waals surface area (Å²) in [5.41, 5.74) is 0. The Hall–Kier alpha value is -0.0800. The molecule has 1 saturated carbocycles. The Morgan fingerprint density at radius 2 is 1.90 bits per heavy atom. The zero-order valence-electron chi connectivity index (χ0n) is 6.76. The number of aliphatic hydroxyl groups is 1. The molecule has 0 heterocycles. The van der Waals surface area contributed by atoms with E-state index in [2.05, 4.69) is 6.92 Å². The van der Waals surface area contributed by atoms with Crippen LogP contribution in [0, 0.1) is 5.92 Å². The van der Waals surface area contributed by atoms with Gasteiger partial charge in [0.25, 0.3) is 0 Å². The van der Waals surface area contributed by atoms with Crippen LogP contribution >= 0.6 is 0 Å². The standard InChI is InChI=1S/C8H16O2/c1-7-3-5-8(9,10-2)6-4-7/h7,9H,3-6H2,1-2H3. The summed E-state index contributed by atoms with van der Waals surface area (Å²) in [5, 5.41) is 9.58. The summed E-state index contributed by atoms with van der Waals surface area (Å²) >= 11 is 0. The van der Waals surface area contributed by atoms with Gasteiger partial charge in [0.2, 0.25) is 0 Å². The molecule has 2 nitrogen and oxygen atoms in total. The van der Waals surface area contributed by atoms with Crippen LogP contribution in [-0.4, -0.2) is 18.0 Å². The molecule has 0 aliphatic heterocycles. The second kappa shape index (κ2) is 2.89.